The van der Waals surface area contributed by atoms with Gasteiger partial charge in [-0.3, -0.25) is 4.79 Å². The summed E-state index contributed by atoms with van der Waals surface area (Å²) in [6.45, 7) is 0.332. The van der Waals surface area contributed by atoms with Crippen molar-refractivity contribution in [3.8, 4) is 0 Å². The summed E-state index contributed by atoms with van der Waals surface area (Å²) in [6.07, 6.45) is 1.84. The first kappa shape index (κ1) is 11.7. The van der Waals surface area contributed by atoms with Gasteiger partial charge in [-0.2, -0.15) is 0 Å². The highest BCUT2D eigenvalue weighted by atomic mass is 32.1. The van der Waals surface area contributed by atoms with E-state index < -0.39 is 0 Å². The monoisotopic (exact) mass is 273 g/mol. The second-order valence-electron chi connectivity index (χ2n) is 4.00. The molecule has 7 heteroatoms. The van der Waals surface area contributed by atoms with Gasteiger partial charge in [-0.05, 0) is 24.3 Å². The number of anilines is 1. The Morgan fingerprint density at radius 1 is 1.37 bits per heavy atom. The maximum Gasteiger partial charge on any atom is 0.251 e. The molecule has 0 saturated carbocycles. The van der Waals surface area contributed by atoms with Crippen LogP contribution in [0.25, 0.3) is 10.9 Å². The zero-order valence-electron chi connectivity index (χ0n) is 9.88. The van der Waals surface area contributed by atoms with Crippen molar-refractivity contribution in [2.75, 3.05) is 5.73 Å². The number of hydrogen-bond acceptors (Lipinski definition) is 5. The predicted octanol–water partition coefficient (Wildman–Crippen LogP) is 1.53. The van der Waals surface area contributed by atoms with Gasteiger partial charge in [0.05, 0.1) is 6.54 Å². The molecule has 4 N–H and O–H groups in total. The third-order valence-electron chi connectivity index (χ3n) is 2.70. The van der Waals surface area contributed by atoms with Crippen molar-refractivity contribution in [2.24, 2.45) is 0 Å². The lowest BCUT2D eigenvalue weighted by Gasteiger charge is -2.03. The average Bonchev–Trinajstić information content (AvgIpc) is 3.03. The third kappa shape index (κ3) is 2.41. The minimum Gasteiger partial charge on any atom is -0.374 e. The first-order valence-electron chi connectivity index (χ1n) is 5.65. The van der Waals surface area contributed by atoms with Crippen LogP contribution in [0.2, 0.25) is 0 Å². The number of aromatic amines is 1. The standard InChI is InChI=1S/C12H11N5OS/c13-12-17-16-10(19-12)6-15-11(18)8-1-2-9-7(5-8)3-4-14-9/h1-5,14H,6H2,(H2,13,17)(H,15,18). The first-order chi connectivity index (χ1) is 9.22. The highest BCUT2D eigenvalue weighted by molar-refractivity contribution is 7.15. The van der Waals surface area contributed by atoms with Gasteiger partial charge >= 0.3 is 0 Å². The van der Waals surface area contributed by atoms with E-state index in [1.165, 1.54) is 11.3 Å². The molecular formula is C12H11N5OS. The van der Waals surface area contributed by atoms with Gasteiger partial charge in [-0.25, -0.2) is 0 Å². The molecule has 1 aromatic carbocycles. The lowest BCUT2D eigenvalue weighted by Crippen LogP contribution is -2.22. The van der Waals surface area contributed by atoms with E-state index in [1.807, 2.05) is 24.4 Å². The van der Waals surface area contributed by atoms with Crippen molar-refractivity contribution in [3.05, 3.63) is 41.0 Å². The number of nitrogens with two attached hydrogens (primary N) is 1. The lowest BCUT2D eigenvalue weighted by molar-refractivity contribution is 0.0951. The number of H-pyrrole nitrogens is 1. The van der Waals surface area contributed by atoms with Crippen molar-refractivity contribution in [1.82, 2.24) is 20.5 Å². The molecule has 3 aromatic rings. The van der Waals surface area contributed by atoms with E-state index in [2.05, 4.69) is 20.5 Å². The summed E-state index contributed by atoms with van der Waals surface area (Å²) in [6, 6.07) is 7.43. The molecule has 2 aromatic heterocycles. The molecule has 0 aliphatic rings. The molecule has 0 aliphatic heterocycles. The zero-order valence-corrected chi connectivity index (χ0v) is 10.7. The topological polar surface area (TPSA) is 96.7 Å². The highest BCUT2D eigenvalue weighted by Crippen LogP contribution is 2.15. The maximum absolute atomic E-state index is 12.0. The summed E-state index contributed by atoms with van der Waals surface area (Å²) >= 11 is 1.26. The van der Waals surface area contributed by atoms with Crippen molar-refractivity contribution >= 4 is 33.3 Å². The fourth-order valence-electron chi connectivity index (χ4n) is 1.79. The zero-order chi connectivity index (χ0) is 13.2. The van der Waals surface area contributed by atoms with Gasteiger partial charge in [0.2, 0.25) is 5.13 Å². The molecule has 0 aliphatic carbocycles. The van der Waals surface area contributed by atoms with E-state index in [1.54, 1.807) is 6.07 Å². The van der Waals surface area contributed by atoms with Crippen LogP contribution in [-0.4, -0.2) is 21.1 Å². The normalized spacial score (nSPS) is 10.7. The summed E-state index contributed by atoms with van der Waals surface area (Å²) in [5.74, 6) is -0.142. The van der Waals surface area contributed by atoms with Crippen molar-refractivity contribution < 1.29 is 4.79 Å². The number of hydrogen-bond donors (Lipinski definition) is 3. The van der Waals surface area contributed by atoms with E-state index in [0.717, 1.165) is 10.9 Å². The van der Waals surface area contributed by atoms with Crippen LogP contribution in [0.15, 0.2) is 30.5 Å². The Hall–Kier alpha value is -2.41. The fraction of sp³-hybridized carbons (Fsp3) is 0.0833. The molecule has 6 nitrogen and oxygen atoms in total. The van der Waals surface area contributed by atoms with Crippen LogP contribution in [0.1, 0.15) is 15.4 Å². The van der Waals surface area contributed by atoms with Crippen molar-refractivity contribution in [2.45, 2.75) is 6.54 Å². The van der Waals surface area contributed by atoms with Crippen LogP contribution in [-0.2, 0) is 6.54 Å². The Labute approximate surface area is 112 Å². The number of benzene rings is 1. The third-order valence-corrected chi connectivity index (χ3v) is 3.45. The number of nitrogens with one attached hydrogen (secondary N) is 2. The molecule has 0 fully saturated rings. The summed E-state index contributed by atoms with van der Waals surface area (Å²) in [5.41, 5.74) is 7.10. The van der Waals surface area contributed by atoms with E-state index in [0.29, 0.717) is 22.2 Å². The Balaban J connectivity index is 1.72. The second-order valence-corrected chi connectivity index (χ2v) is 5.09. The quantitative estimate of drug-likeness (QED) is 0.674. The van der Waals surface area contributed by atoms with Gasteiger partial charge in [0, 0.05) is 22.7 Å². The number of carbonyl (C=O) groups is 1. The largest absolute Gasteiger partial charge is 0.374 e. The van der Waals surface area contributed by atoms with Gasteiger partial charge in [-0.1, -0.05) is 11.3 Å². The van der Waals surface area contributed by atoms with Crippen LogP contribution in [0.5, 0.6) is 0 Å². The Morgan fingerprint density at radius 3 is 3.05 bits per heavy atom. The van der Waals surface area contributed by atoms with Crippen LogP contribution >= 0.6 is 11.3 Å². The molecule has 0 unspecified atom stereocenters. The van der Waals surface area contributed by atoms with Gasteiger partial charge < -0.3 is 16.0 Å². The summed E-state index contributed by atoms with van der Waals surface area (Å²) in [7, 11) is 0. The number of nitrogen functional groups attached to an aromatic ring is 1. The molecule has 96 valence electrons. The maximum atomic E-state index is 12.0. The molecule has 0 spiro atoms. The predicted molar refractivity (Wildman–Crippen MR) is 73.8 cm³/mol. The number of rotatable bonds is 3. The number of amides is 1. The smallest absolute Gasteiger partial charge is 0.251 e. The van der Waals surface area contributed by atoms with E-state index >= 15 is 0 Å². The van der Waals surface area contributed by atoms with Crippen LogP contribution in [0.3, 0.4) is 0 Å². The second kappa shape index (κ2) is 4.69. The number of aromatic nitrogens is 3. The van der Waals surface area contributed by atoms with Crippen molar-refractivity contribution in [3.63, 3.8) is 0 Å². The molecule has 0 bridgehead atoms. The summed E-state index contributed by atoms with van der Waals surface area (Å²) in [5, 5.41) is 12.4. The first-order valence-corrected chi connectivity index (χ1v) is 6.47. The fourth-order valence-corrected chi connectivity index (χ4v) is 2.34. The van der Waals surface area contributed by atoms with Crippen LogP contribution in [0, 0.1) is 0 Å². The number of fused-ring (bicyclic) bond motifs is 1. The minimum atomic E-state index is -0.142. The molecule has 0 atom stereocenters. The Morgan fingerprint density at radius 2 is 2.26 bits per heavy atom. The van der Waals surface area contributed by atoms with E-state index in [4.69, 9.17) is 5.73 Å². The van der Waals surface area contributed by atoms with E-state index in [-0.39, 0.29) is 5.91 Å². The molecule has 0 radical (unpaired) electrons. The van der Waals surface area contributed by atoms with Gasteiger partial charge in [0.15, 0.2) is 0 Å². The van der Waals surface area contributed by atoms with Crippen molar-refractivity contribution in [1.29, 1.82) is 0 Å². The van der Waals surface area contributed by atoms with Crippen LogP contribution in [0.4, 0.5) is 5.13 Å². The van der Waals surface area contributed by atoms with E-state index in [9.17, 15) is 4.79 Å². The molecule has 0 saturated heterocycles. The summed E-state index contributed by atoms with van der Waals surface area (Å²) in [4.78, 5) is 15.1. The molecule has 3 rings (SSSR count). The van der Waals surface area contributed by atoms with Gasteiger partial charge in [-0.15, -0.1) is 10.2 Å². The Bertz CT molecular complexity index is 732. The van der Waals surface area contributed by atoms with Gasteiger partial charge in [0.25, 0.3) is 5.91 Å². The van der Waals surface area contributed by atoms with Crippen LogP contribution < -0.4 is 11.1 Å². The molecule has 19 heavy (non-hydrogen) atoms. The number of nitrogens with zero attached hydrogens (tertiary/aromatic N) is 2. The minimum absolute atomic E-state index is 0.142. The Kier molecular flexibility index (Phi) is 2.88. The SMILES string of the molecule is Nc1nnc(CNC(=O)c2ccc3[nH]ccc3c2)s1. The lowest BCUT2D eigenvalue weighted by atomic mass is 10.1. The van der Waals surface area contributed by atoms with Gasteiger partial charge in [0.1, 0.15) is 5.01 Å². The summed E-state index contributed by atoms with van der Waals surface area (Å²) < 4.78 is 0. The molecular weight excluding hydrogens is 262 g/mol. The number of carbonyl (C=O) groups excluding carboxylic acids is 1. The molecule has 1 amide bonds. The average molecular weight is 273 g/mol. The molecule has 2 heterocycles. The highest BCUT2D eigenvalue weighted by Gasteiger charge is 2.08.